The van der Waals surface area contributed by atoms with Crippen LogP contribution in [-0.4, -0.2) is 28.6 Å². The van der Waals surface area contributed by atoms with E-state index in [4.69, 9.17) is 9.26 Å². The van der Waals surface area contributed by atoms with Gasteiger partial charge in [-0.05, 0) is 36.2 Å². The van der Waals surface area contributed by atoms with Crippen LogP contribution in [0.2, 0.25) is 0 Å². The van der Waals surface area contributed by atoms with Crippen molar-refractivity contribution in [1.82, 2.24) is 10.1 Å². The van der Waals surface area contributed by atoms with Crippen molar-refractivity contribution in [2.45, 2.75) is 38.8 Å². The van der Waals surface area contributed by atoms with E-state index >= 15 is 0 Å². The van der Waals surface area contributed by atoms with Gasteiger partial charge in [-0.3, -0.25) is 4.79 Å². The molecule has 3 aromatic rings. The predicted molar refractivity (Wildman–Crippen MR) is 105 cm³/mol. The summed E-state index contributed by atoms with van der Waals surface area (Å²) < 4.78 is 24.8. The number of halogens is 1. The number of hydrogen-bond donors (Lipinski definition) is 0. The number of aromatic nitrogens is 1. The normalized spacial score (nSPS) is 17.6. The van der Waals surface area contributed by atoms with Crippen molar-refractivity contribution in [2.24, 2.45) is 0 Å². The maximum Gasteiger partial charge on any atom is 0.227 e. The fourth-order valence-corrected chi connectivity index (χ4v) is 4.16. The number of hydrogen-bond acceptors (Lipinski definition) is 4. The summed E-state index contributed by atoms with van der Waals surface area (Å²) in [6, 6.07) is 12.3. The van der Waals surface area contributed by atoms with E-state index in [0.29, 0.717) is 37.2 Å². The highest BCUT2D eigenvalue weighted by Gasteiger charge is 2.28. The minimum atomic E-state index is -0.321. The molecule has 0 bridgehead atoms. The van der Waals surface area contributed by atoms with Crippen LogP contribution in [0.15, 0.2) is 47.0 Å². The number of ether oxygens (including phenoxy) is 1. The molecule has 2 aliphatic rings. The molecular weight excluding hydrogens is 371 g/mol. The van der Waals surface area contributed by atoms with Gasteiger partial charge >= 0.3 is 0 Å². The van der Waals surface area contributed by atoms with Gasteiger partial charge in [-0.1, -0.05) is 29.4 Å². The Bertz CT molecular complexity index is 1090. The lowest BCUT2D eigenvalue weighted by Crippen LogP contribution is -2.36. The first-order chi connectivity index (χ1) is 14.1. The van der Waals surface area contributed by atoms with Crippen LogP contribution in [0.4, 0.5) is 4.39 Å². The molecule has 6 heteroatoms. The van der Waals surface area contributed by atoms with Crippen LogP contribution in [-0.2, 0) is 30.6 Å². The number of benzene rings is 2. The highest BCUT2D eigenvalue weighted by atomic mass is 19.1. The average Bonchev–Trinajstić information content (AvgIpc) is 3.29. The molecule has 5 rings (SSSR count). The summed E-state index contributed by atoms with van der Waals surface area (Å²) in [6.07, 6.45) is 2.02. The lowest BCUT2D eigenvalue weighted by molar-refractivity contribution is -0.131. The summed E-state index contributed by atoms with van der Waals surface area (Å²) in [5.41, 5.74) is 4.30. The number of amides is 1. The molecule has 0 radical (unpaired) electrons. The first-order valence-electron chi connectivity index (χ1n) is 9.86. The Balaban J connectivity index is 1.34. The minimum Gasteiger partial charge on any atom is -0.490 e. The molecule has 1 atom stereocenters. The highest BCUT2D eigenvalue weighted by molar-refractivity contribution is 5.79. The Hall–Kier alpha value is -3.15. The van der Waals surface area contributed by atoms with Gasteiger partial charge in [0.25, 0.3) is 0 Å². The monoisotopic (exact) mass is 392 g/mol. The Morgan fingerprint density at radius 3 is 3.03 bits per heavy atom. The van der Waals surface area contributed by atoms with Crippen molar-refractivity contribution >= 4 is 5.91 Å². The third-order valence-electron chi connectivity index (χ3n) is 5.59. The molecule has 1 amide bonds. The highest BCUT2D eigenvalue weighted by Crippen LogP contribution is 2.32. The number of carbonyl (C=O) groups is 1. The third-order valence-corrected chi connectivity index (χ3v) is 5.59. The van der Waals surface area contributed by atoms with Crippen molar-refractivity contribution < 1.29 is 18.4 Å². The maximum atomic E-state index is 13.6. The molecule has 3 heterocycles. The zero-order valence-corrected chi connectivity index (χ0v) is 16.2. The summed E-state index contributed by atoms with van der Waals surface area (Å²) in [6.45, 7) is 3.06. The molecule has 0 N–H and O–H groups in total. The Morgan fingerprint density at radius 1 is 1.28 bits per heavy atom. The maximum absolute atomic E-state index is 13.6. The molecular formula is C23H21FN2O3. The largest absolute Gasteiger partial charge is 0.490 e. The van der Waals surface area contributed by atoms with Gasteiger partial charge in [0.2, 0.25) is 5.91 Å². The molecule has 1 aromatic heterocycles. The Morgan fingerprint density at radius 2 is 2.17 bits per heavy atom. The molecule has 0 saturated carbocycles. The average molecular weight is 392 g/mol. The molecule has 2 aromatic carbocycles. The minimum absolute atomic E-state index is 0.0638. The molecule has 0 unspecified atom stereocenters. The predicted octanol–water partition coefficient (Wildman–Crippen LogP) is 3.93. The molecule has 0 spiro atoms. The summed E-state index contributed by atoms with van der Waals surface area (Å²) >= 11 is 0. The van der Waals surface area contributed by atoms with Crippen molar-refractivity contribution in [1.29, 1.82) is 0 Å². The molecule has 148 valence electrons. The smallest absolute Gasteiger partial charge is 0.227 e. The second-order valence-electron chi connectivity index (χ2n) is 7.76. The van der Waals surface area contributed by atoms with Gasteiger partial charge < -0.3 is 14.2 Å². The van der Waals surface area contributed by atoms with E-state index < -0.39 is 0 Å². The fourth-order valence-electron chi connectivity index (χ4n) is 4.16. The molecule has 0 saturated heterocycles. The van der Waals surface area contributed by atoms with E-state index in [0.717, 1.165) is 34.6 Å². The van der Waals surface area contributed by atoms with Gasteiger partial charge in [-0.2, -0.15) is 0 Å². The summed E-state index contributed by atoms with van der Waals surface area (Å²) in [4.78, 5) is 14.8. The molecule has 5 nitrogen and oxygen atoms in total. The molecule has 0 fully saturated rings. The van der Waals surface area contributed by atoms with E-state index in [9.17, 15) is 9.18 Å². The molecule has 29 heavy (non-hydrogen) atoms. The first-order valence-corrected chi connectivity index (χ1v) is 9.86. The van der Waals surface area contributed by atoms with Crippen LogP contribution in [0.5, 0.6) is 5.75 Å². The van der Waals surface area contributed by atoms with Gasteiger partial charge in [-0.15, -0.1) is 0 Å². The van der Waals surface area contributed by atoms with E-state index in [1.54, 1.807) is 12.1 Å². The molecule has 2 aliphatic heterocycles. The standard InChI is InChI=1S/C23H21FN2O3/c1-14-9-17-10-15(5-6-20(17)28-14)11-22(27)26-8-7-21-19(13-26)23(25-29-21)16-3-2-4-18(24)12-16/h2-6,10,12,14H,7-9,11,13H2,1H3/t14-/m0/s1. The second-order valence-corrected chi connectivity index (χ2v) is 7.76. The SMILES string of the molecule is C[C@H]1Cc2cc(CC(=O)N3CCc4onc(-c5cccc(F)c5)c4C3)ccc2O1. The Kier molecular flexibility index (Phi) is 4.34. The fraction of sp³-hybridized carbons (Fsp3) is 0.304. The van der Waals surface area contributed by atoms with Gasteiger partial charge in [0.15, 0.2) is 0 Å². The quantitative estimate of drug-likeness (QED) is 0.678. The lowest BCUT2D eigenvalue weighted by atomic mass is 10.00. The summed E-state index contributed by atoms with van der Waals surface area (Å²) in [7, 11) is 0. The van der Waals surface area contributed by atoms with Crippen molar-refractivity contribution in [3.8, 4) is 17.0 Å². The van der Waals surface area contributed by atoms with Gasteiger partial charge in [-0.25, -0.2) is 4.39 Å². The number of fused-ring (bicyclic) bond motifs is 2. The van der Waals surface area contributed by atoms with Crippen LogP contribution in [0.3, 0.4) is 0 Å². The van der Waals surface area contributed by atoms with E-state index in [2.05, 4.69) is 11.2 Å². The Labute approximate surface area is 168 Å². The van der Waals surface area contributed by atoms with Gasteiger partial charge in [0.05, 0.1) is 13.0 Å². The van der Waals surface area contributed by atoms with Crippen LogP contribution in [0.25, 0.3) is 11.3 Å². The molecule has 0 aliphatic carbocycles. The van der Waals surface area contributed by atoms with E-state index in [1.807, 2.05) is 24.0 Å². The zero-order valence-electron chi connectivity index (χ0n) is 16.2. The topological polar surface area (TPSA) is 55.6 Å². The van der Waals surface area contributed by atoms with Crippen molar-refractivity contribution in [2.75, 3.05) is 6.54 Å². The van der Waals surface area contributed by atoms with Crippen LogP contribution in [0, 0.1) is 5.82 Å². The third kappa shape index (κ3) is 3.39. The summed E-state index contributed by atoms with van der Waals surface area (Å²) in [5, 5.41) is 4.14. The van der Waals surface area contributed by atoms with Gasteiger partial charge in [0.1, 0.15) is 29.1 Å². The zero-order chi connectivity index (χ0) is 20.0. The second kappa shape index (κ2) is 7.03. The van der Waals surface area contributed by atoms with Crippen LogP contribution < -0.4 is 4.74 Å². The number of carbonyl (C=O) groups excluding carboxylic acids is 1. The van der Waals surface area contributed by atoms with Crippen molar-refractivity contribution in [3.05, 3.63) is 70.7 Å². The van der Waals surface area contributed by atoms with E-state index in [1.165, 1.54) is 12.1 Å². The van der Waals surface area contributed by atoms with E-state index in [-0.39, 0.29) is 17.8 Å². The summed E-state index contributed by atoms with van der Waals surface area (Å²) in [5.74, 6) is 1.43. The number of nitrogens with zero attached hydrogens (tertiary/aromatic N) is 2. The van der Waals surface area contributed by atoms with Crippen LogP contribution in [0.1, 0.15) is 29.4 Å². The first kappa shape index (κ1) is 17.9. The number of rotatable bonds is 3. The van der Waals surface area contributed by atoms with Crippen LogP contribution >= 0.6 is 0 Å². The van der Waals surface area contributed by atoms with Gasteiger partial charge in [0, 0.05) is 30.5 Å². The lowest BCUT2D eigenvalue weighted by Gasteiger charge is -2.26. The van der Waals surface area contributed by atoms with Crippen molar-refractivity contribution in [3.63, 3.8) is 0 Å².